The molecule has 5 atom stereocenters. The highest BCUT2D eigenvalue weighted by Crippen LogP contribution is 2.03. The van der Waals surface area contributed by atoms with E-state index in [0.717, 1.165) is 0 Å². The van der Waals surface area contributed by atoms with Crippen LogP contribution in [0, 0.1) is 0 Å². The molecule has 0 aliphatic heterocycles. The van der Waals surface area contributed by atoms with Crippen LogP contribution >= 0.6 is 0 Å². The highest BCUT2D eigenvalue weighted by Gasteiger charge is 2.33. The molecular weight excluding hydrogens is 348 g/mol. The standard InChI is InChI=1S/C6H10O7.C3H8O2.H2O4S/c7-1-2(8)3(9)4(10)5(11)6(12)13;1-3(5)2-4;1-5(2,3)4/h1-5,8-11H,(H,12,13);3-5H,2H2,1H3;(H2,1,2,3,4). The predicted octanol–water partition coefficient (Wildman–Crippen LogP) is -4.58. The van der Waals surface area contributed by atoms with Crippen LogP contribution in [0.15, 0.2) is 0 Å². The van der Waals surface area contributed by atoms with E-state index in [4.69, 9.17) is 53.3 Å². The first-order chi connectivity index (χ1) is 10.2. The number of carbonyl (C=O) groups excluding carboxylic acids is 1. The Morgan fingerprint density at radius 2 is 1.35 bits per heavy atom. The molecule has 0 rings (SSSR count). The second kappa shape index (κ2) is 13.2. The fourth-order valence-corrected chi connectivity index (χ4v) is 0.615. The molecule has 14 heteroatoms. The van der Waals surface area contributed by atoms with Crippen molar-refractivity contribution in [1.29, 1.82) is 0 Å². The van der Waals surface area contributed by atoms with Gasteiger partial charge in [-0.05, 0) is 6.92 Å². The molecule has 0 fully saturated rings. The van der Waals surface area contributed by atoms with Crippen molar-refractivity contribution in [3.8, 4) is 0 Å². The average molecular weight is 368 g/mol. The maximum atomic E-state index is 10.1. The normalized spacial score (nSPS) is 17.1. The molecule has 0 saturated heterocycles. The summed E-state index contributed by atoms with van der Waals surface area (Å²) >= 11 is 0. The molecule has 0 heterocycles. The van der Waals surface area contributed by atoms with Crippen molar-refractivity contribution in [2.75, 3.05) is 6.61 Å². The SMILES string of the molecule is CC(O)CO.O=CC(O)C(O)C(O)C(O)C(=O)O.O=S(=O)(O)O. The number of aliphatic carboxylic acids is 1. The van der Waals surface area contributed by atoms with Crippen LogP contribution in [-0.4, -0.2) is 103 Å². The molecule has 0 amide bonds. The molecule has 13 nitrogen and oxygen atoms in total. The van der Waals surface area contributed by atoms with E-state index in [0.29, 0.717) is 0 Å². The third-order valence-electron chi connectivity index (χ3n) is 1.68. The van der Waals surface area contributed by atoms with E-state index in [2.05, 4.69) is 0 Å². The van der Waals surface area contributed by atoms with Gasteiger partial charge in [0, 0.05) is 0 Å². The maximum Gasteiger partial charge on any atom is 0.394 e. The number of hydrogen-bond donors (Lipinski definition) is 9. The van der Waals surface area contributed by atoms with Gasteiger partial charge in [0.15, 0.2) is 12.4 Å². The van der Waals surface area contributed by atoms with Crippen molar-refractivity contribution in [2.45, 2.75) is 37.4 Å². The molecule has 5 unspecified atom stereocenters. The Morgan fingerprint density at radius 3 is 1.52 bits per heavy atom. The van der Waals surface area contributed by atoms with E-state index in [-0.39, 0.29) is 12.9 Å². The summed E-state index contributed by atoms with van der Waals surface area (Å²) in [7, 11) is -4.67. The molecule has 23 heavy (non-hydrogen) atoms. The Bertz CT molecular complexity index is 411. The molecule has 0 spiro atoms. The van der Waals surface area contributed by atoms with Crippen LogP contribution in [0.1, 0.15) is 6.92 Å². The molecule has 9 N–H and O–H groups in total. The van der Waals surface area contributed by atoms with Gasteiger partial charge in [-0.2, -0.15) is 8.42 Å². The van der Waals surface area contributed by atoms with Gasteiger partial charge in [-0.25, -0.2) is 4.79 Å². The van der Waals surface area contributed by atoms with Crippen LogP contribution in [0.4, 0.5) is 0 Å². The fraction of sp³-hybridized carbons (Fsp3) is 0.778. The fourth-order valence-electron chi connectivity index (χ4n) is 0.615. The summed E-state index contributed by atoms with van der Waals surface area (Å²) in [5.74, 6) is -1.76. The van der Waals surface area contributed by atoms with Gasteiger partial charge in [-0.15, -0.1) is 0 Å². The molecule has 0 aromatic heterocycles. The lowest BCUT2D eigenvalue weighted by atomic mass is 10.0. The van der Waals surface area contributed by atoms with Crippen molar-refractivity contribution in [1.82, 2.24) is 0 Å². The number of carboxylic acids is 1. The second-order valence-electron chi connectivity index (χ2n) is 3.87. The number of aldehydes is 1. The highest BCUT2D eigenvalue weighted by molar-refractivity contribution is 7.79. The van der Waals surface area contributed by atoms with Crippen LogP contribution in [0.5, 0.6) is 0 Å². The van der Waals surface area contributed by atoms with E-state index >= 15 is 0 Å². The van der Waals surface area contributed by atoms with Crippen molar-refractivity contribution < 1.29 is 62.9 Å². The number of rotatable bonds is 6. The molecule has 0 aromatic carbocycles. The summed E-state index contributed by atoms with van der Waals surface area (Å²) in [5.41, 5.74) is 0. The molecule has 0 bridgehead atoms. The van der Waals surface area contributed by atoms with Crippen LogP contribution in [0.2, 0.25) is 0 Å². The van der Waals surface area contributed by atoms with E-state index in [9.17, 15) is 9.59 Å². The molecule has 0 radical (unpaired) electrons. The minimum atomic E-state index is -4.67. The Balaban J connectivity index is -0.000000329. The second-order valence-corrected chi connectivity index (χ2v) is 4.77. The zero-order chi connectivity index (χ0) is 19.4. The van der Waals surface area contributed by atoms with Gasteiger partial charge >= 0.3 is 16.4 Å². The lowest BCUT2D eigenvalue weighted by Crippen LogP contribution is -2.48. The lowest BCUT2D eigenvalue weighted by molar-refractivity contribution is -0.163. The van der Waals surface area contributed by atoms with Gasteiger partial charge in [0.1, 0.15) is 18.3 Å². The zero-order valence-electron chi connectivity index (χ0n) is 11.7. The molecule has 0 aromatic rings. The topological polar surface area (TPSA) is 250 Å². The zero-order valence-corrected chi connectivity index (χ0v) is 12.6. The van der Waals surface area contributed by atoms with Crippen LogP contribution in [-0.2, 0) is 20.0 Å². The Labute approximate surface area is 130 Å². The summed E-state index contributed by atoms with van der Waals surface area (Å²) in [6.45, 7) is 1.39. The van der Waals surface area contributed by atoms with Crippen LogP contribution in [0.25, 0.3) is 0 Å². The quantitative estimate of drug-likeness (QED) is 0.158. The number of aliphatic hydroxyl groups is 6. The summed E-state index contributed by atoms with van der Waals surface area (Å²) in [6.07, 6.45) is -8.95. The number of aliphatic hydroxyl groups excluding tert-OH is 6. The van der Waals surface area contributed by atoms with Crippen LogP contribution < -0.4 is 0 Å². The van der Waals surface area contributed by atoms with Gasteiger partial charge < -0.3 is 40.5 Å². The third kappa shape index (κ3) is 20.8. The van der Waals surface area contributed by atoms with Gasteiger partial charge in [-0.1, -0.05) is 0 Å². The van der Waals surface area contributed by atoms with E-state index in [1.807, 2.05) is 0 Å². The Hall–Kier alpha value is -1.23. The highest BCUT2D eigenvalue weighted by atomic mass is 32.3. The lowest BCUT2D eigenvalue weighted by Gasteiger charge is -2.21. The van der Waals surface area contributed by atoms with Crippen molar-refractivity contribution >= 4 is 22.7 Å². The number of hydrogen-bond acceptors (Lipinski definition) is 10. The van der Waals surface area contributed by atoms with Crippen LogP contribution in [0.3, 0.4) is 0 Å². The largest absolute Gasteiger partial charge is 0.479 e. The summed E-state index contributed by atoms with van der Waals surface area (Å²) < 4.78 is 31.6. The molecule has 140 valence electrons. The Kier molecular flexibility index (Phi) is 15.3. The Morgan fingerprint density at radius 1 is 1.04 bits per heavy atom. The monoisotopic (exact) mass is 368 g/mol. The maximum absolute atomic E-state index is 10.1. The van der Waals surface area contributed by atoms with Crippen molar-refractivity contribution in [3.63, 3.8) is 0 Å². The first-order valence-electron chi connectivity index (χ1n) is 5.58. The predicted molar refractivity (Wildman–Crippen MR) is 70.7 cm³/mol. The smallest absolute Gasteiger partial charge is 0.394 e. The number of carbonyl (C=O) groups is 2. The summed E-state index contributed by atoms with van der Waals surface area (Å²) in [5, 5.41) is 59.2. The molecular formula is C9H20O13S. The van der Waals surface area contributed by atoms with E-state index < -0.39 is 46.9 Å². The van der Waals surface area contributed by atoms with Crippen molar-refractivity contribution in [3.05, 3.63) is 0 Å². The van der Waals surface area contributed by atoms with Gasteiger partial charge in [-0.3, -0.25) is 9.11 Å². The van der Waals surface area contributed by atoms with E-state index in [1.165, 1.54) is 6.92 Å². The summed E-state index contributed by atoms with van der Waals surface area (Å²) in [6, 6.07) is 0. The first kappa shape index (κ1) is 26.7. The van der Waals surface area contributed by atoms with E-state index in [1.54, 1.807) is 0 Å². The van der Waals surface area contributed by atoms with Crippen molar-refractivity contribution in [2.24, 2.45) is 0 Å². The first-order valence-corrected chi connectivity index (χ1v) is 6.97. The van der Waals surface area contributed by atoms with Gasteiger partial charge in [0.25, 0.3) is 0 Å². The molecule has 0 saturated carbocycles. The van der Waals surface area contributed by atoms with Gasteiger partial charge in [0.05, 0.1) is 12.7 Å². The molecule has 0 aliphatic carbocycles. The summed E-state index contributed by atoms with van der Waals surface area (Å²) in [4.78, 5) is 20.0. The average Bonchev–Trinajstić information content (AvgIpc) is 2.42. The minimum absolute atomic E-state index is 0.0809. The molecule has 0 aliphatic rings. The van der Waals surface area contributed by atoms with Gasteiger partial charge in [0.2, 0.25) is 0 Å². The number of carboxylic acid groups (broad SMARTS) is 1. The third-order valence-corrected chi connectivity index (χ3v) is 1.68. The minimum Gasteiger partial charge on any atom is -0.479 e.